The molecule has 0 atom stereocenters. The summed E-state index contributed by atoms with van der Waals surface area (Å²) in [5, 5.41) is 15.9. The van der Waals surface area contributed by atoms with Gasteiger partial charge in [0.25, 0.3) is 5.69 Å². The number of non-ortho nitro benzene ring substituents is 1. The Labute approximate surface area is 113 Å². The molecule has 0 aliphatic carbocycles. The second-order valence-electron chi connectivity index (χ2n) is 3.28. The van der Waals surface area contributed by atoms with Crippen LogP contribution in [0.3, 0.4) is 0 Å². The predicted molar refractivity (Wildman–Crippen MR) is 72.8 cm³/mol. The summed E-state index contributed by atoms with van der Waals surface area (Å²) in [5.74, 6) is -0.231. The van der Waals surface area contributed by atoms with Crippen LogP contribution >= 0.6 is 23.8 Å². The normalized spacial score (nSPS) is 9.67. The topological polar surface area (TPSA) is 84.3 Å². The Bertz CT molecular complexity index is 507. The number of hydrogen-bond acceptors (Lipinski definition) is 4. The number of nitro benzene ring substituents is 1. The van der Waals surface area contributed by atoms with Crippen LogP contribution in [0.4, 0.5) is 11.4 Å². The highest BCUT2D eigenvalue weighted by atomic mass is 35.5. The summed E-state index contributed by atoms with van der Waals surface area (Å²) in [4.78, 5) is 21.0. The average Bonchev–Trinajstić information content (AvgIpc) is 2.31. The van der Waals surface area contributed by atoms with E-state index in [0.29, 0.717) is 12.1 Å². The minimum atomic E-state index is -0.549. The lowest BCUT2D eigenvalue weighted by molar-refractivity contribution is -0.384. The van der Waals surface area contributed by atoms with Gasteiger partial charge in [-0.15, -0.1) is 0 Å². The third-order valence-corrected chi connectivity index (χ3v) is 2.50. The number of thiocarbonyl (C=S) groups is 1. The van der Waals surface area contributed by atoms with E-state index in [1.54, 1.807) is 6.92 Å². The Kier molecular flexibility index (Phi) is 4.99. The lowest BCUT2D eigenvalue weighted by Crippen LogP contribution is -2.33. The number of nitro groups is 1. The fourth-order valence-electron chi connectivity index (χ4n) is 1.09. The molecule has 0 spiro atoms. The minimum Gasteiger partial charge on any atom is -0.331 e. The van der Waals surface area contributed by atoms with Gasteiger partial charge in [0.15, 0.2) is 5.11 Å². The van der Waals surface area contributed by atoms with E-state index >= 15 is 0 Å². The first-order valence-corrected chi connectivity index (χ1v) is 5.77. The number of nitrogens with zero attached hydrogens (tertiary/aromatic N) is 1. The van der Waals surface area contributed by atoms with Crippen LogP contribution in [0.15, 0.2) is 18.2 Å². The van der Waals surface area contributed by atoms with Crippen molar-refractivity contribution < 1.29 is 9.72 Å². The first kappa shape index (κ1) is 14.3. The number of rotatable bonds is 3. The highest BCUT2D eigenvalue weighted by Crippen LogP contribution is 2.26. The van der Waals surface area contributed by atoms with Crippen molar-refractivity contribution in [1.29, 1.82) is 0 Å². The molecule has 6 nitrogen and oxygen atoms in total. The quantitative estimate of drug-likeness (QED) is 0.507. The molecule has 0 radical (unpaired) electrons. The second kappa shape index (κ2) is 6.27. The van der Waals surface area contributed by atoms with E-state index < -0.39 is 4.92 Å². The molecule has 8 heteroatoms. The number of hydrogen-bond donors (Lipinski definition) is 2. The van der Waals surface area contributed by atoms with Crippen molar-refractivity contribution in [3.63, 3.8) is 0 Å². The maximum absolute atomic E-state index is 11.1. The van der Waals surface area contributed by atoms with E-state index in [1.165, 1.54) is 18.2 Å². The van der Waals surface area contributed by atoms with E-state index in [4.69, 9.17) is 23.8 Å². The maximum atomic E-state index is 11.1. The number of nitrogens with one attached hydrogen (secondary N) is 2. The van der Waals surface area contributed by atoms with Crippen molar-refractivity contribution in [2.75, 3.05) is 5.32 Å². The summed E-state index contributed by atoms with van der Waals surface area (Å²) in [6.07, 6.45) is 0.301. The lowest BCUT2D eigenvalue weighted by Gasteiger charge is -2.09. The number of benzene rings is 1. The summed E-state index contributed by atoms with van der Waals surface area (Å²) in [6, 6.07) is 3.91. The standard InChI is InChI=1S/C10H10ClN3O3S/c1-2-9(15)13-10(18)12-8-4-3-6(14(16)17)5-7(8)11/h3-5H,2H2,1H3,(H2,12,13,15,18). The zero-order chi connectivity index (χ0) is 13.7. The molecule has 1 aromatic carbocycles. The Morgan fingerprint density at radius 2 is 2.22 bits per heavy atom. The van der Waals surface area contributed by atoms with Gasteiger partial charge in [0.2, 0.25) is 5.91 Å². The molecule has 0 unspecified atom stereocenters. The highest BCUT2D eigenvalue weighted by Gasteiger charge is 2.10. The Balaban J connectivity index is 2.77. The van der Waals surface area contributed by atoms with Gasteiger partial charge in [-0.3, -0.25) is 14.9 Å². The van der Waals surface area contributed by atoms with E-state index in [9.17, 15) is 14.9 Å². The summed E-state index contributed by atoms with van der Waals surface area (Å²) in [5.41, 5.74) is 0.276. The van der Waals surface area contributed by atoms with Crippen molar-refractivity contribution in [2.24, 2.45) is 0 Å². The summed E-state index contributed by atoms with van der Waals surface area (Å²) >= 11 is 10.7. The third-order valence-electron chi connectivity index (χ3n) is 1.99. The highest BCUT2D eigenvalue weighted by molar-refractivity contribution is 7.80. The van der Waals surface area contributed by atoms with E-state index in [1.807, 2.05) is 0 Å². The number of carbonyl (C=O) groups excluding carboxylic acids is 1. The fraction of sp³-hybridized carbons (Fsp3) is 0.200. The first-order chi connectivity index (χ1) is 8.43. The van der Waals surface area contributed by atoms with Gasteiger partial charge in [-0.1, -0.05) is 18.5 Å². The van der Waals surface area contributed by atoms with E-state index in [2.05, 4.69) is 10.6 Å². The molecule has 0 heterocycles. The molecule has 0 bridgehead atoms. The van der Waals surface area contributed by atoms with E-state index in [0.717, 1.165) is 0 Å². The van der Waals surface area contributed by atoms with Crippen molar-refractivity contribution in [3.05, 3.63) is 33.3 Å². The van der Waals surface area contributed by atoms with Gasteiger partial charge in [-0.05, 0) is 18.3 Å². The van der Waals surface area contributed by atoms with Crippen LogP contribution in [-0.4, -0.2) is 15.9 Å². The molecule has 18 heavy (non-hydrogen) atoms. The number of carbonyl (C=O) groups is 1. The van der Waals surface area contributed by atoms with Gasteiger partial charge < -0.3 is 10.6 Å². The average molecular weight is 288 g/mol. The van der Waals surface area contributed by atoms with Crippen molar-refractivity contribution in [1.82, 2.24) is 5.32 Å². The SMILES string of the molecule is CCC(=O)NC(=S)Nc1ccc([N+](=O)[O-])cc1Cl. The minimum absolute atomic E-state index is 0.0950. The summed E-state index contributed by atoms with van der Waals surface area (Å²) in [7, 11) is 0. The van der Waals surface area contributed by atoms with Crippen LogP contribution in [0.1, 0.15) is 13.3 Å². The van der Waals surface area contributed by atoms with Gasteiger partial charge in [-0.2, -0.15) is 0 Å². The lowest BCUT2D eigenvalue weighted by atomic mass is 10.3. The molecule has 1 amide bonds. The van der Waals surface area contributed by atoms with Gasteiger partial charge in [-0.25, -0.2) is 0 Å². The zero-order valence-corrected chi connectivity index (χ0v) is 11.0. The van der Waals surface area contributed by atoms with Crippen LogP contribution < -0.4 is 10.6 Å². The molecule has 0 saturated heterocycles. The molecular weight excluding hydrogens is 278 g/mol. The molecule has 0 aliphatic rings. The Morgan fingerprint density at radius 1 is 1.56 bits per heavy atom. The van der Waals surface area contributed by atoms with Crippen LogP contribution in [0.5, 0.6) is 0 Å². The maximum Gasteiger partial charge on any atom is 0.271 e. The van der Waals surface area contributed by atoms with Crippen molar-refractivity contribution in [3.8, 4) is 0 Å². The van der Waals surface area contributed by atoms with Crippen LogP contribution in [0.25, 0.3) is 0 Å². The Hall–Kier alpha value is -1.73. The van der Waals surface area contributed by atoms with Crippen molar-refractivity contribution >= 4 is 46.2 Å². The van der Waals surface area contributed by atoms with Crippen LogP contribution in [0.2, 0.25) is 5.02 Å². The molecule has 0 aromatic heterocycles. The Morgan fingerprint density at radius 3 is 2.72 bits per heavy atom. The summed E-state index contributed by atoms with van der Waals surface area (Å²) < 4.78 is 0. The number of halogens is 1. The molecule has 2 N–H and O–H groups in total. The van der Waals surface area contributed by atoms with Crippen molar-refractivity contribution in [2.45, 2.75) is 13.3 Å². The van der Waals surface area contributed by atoms with Gasteiger partial charge in [0.1, 0.15) is 0 Å². The second-order valence-corrected chi connectivity index (χ2v) is 4.09. The third kappa shape index (κ3) is 3.94. The smallest absolute Gasteiger partial charge is 0.271 e. The molecule has 1 aromatic rings. The summed E-state index contributed by atoms with van der Waals surface area (Å²) in [6.45, 7) is 1.69. The van der Waals surface area contributed by atoms with Crippen LogP contribution in [-0.2, 0) is 4.79 Å². The van der Waals surface area contributed by atoms with Gasteiger partial charge in [0.05, 0.1) is 15.6 Å². The molecule has 96 valence electrons. The molecule has 0 fully saturated rings. The van der Waals surface area contributed by atoms with E-state index in [-0.39, 0.29) is 21.7 Å². The number of anilines is 1. The first-order valence-electron chi connectivity index (χ1n) is 4.98. The molecule has 1 rings (SSSR count). The van der Waals surface area contributed by atoms with Gasteiger partial charge in [0, 0.05) is 18.6 Å². The fourth-order valence-corrected chi connectivity index (χ4v) is 1.53. The van der Waals surface area contributed by atoms with Crippen LogP contribution in [0, 0.1) is 10.1 Å². The monoisotopic (exact) mass is 287 g/mol. The molecule has 0 aliphatic heterocycles. The largest absolute Gasteiger partial charge is 0.331 e. The zero-order valence-electron chi connectivity index (χ0n) is 9.40. The molecule has 0 saturated carbocycles. The van der Waals surface area contributed by atoms with Gasteiger partial charge >= 0.3 is 0 Å². The molecular formula is C10H10ClN3O3S. The predicted octanol–water partition coefficient (Wildman–Crippen LogP) is 2.47. The number of amides is 1.